The molecule has 2 aromatic heterocycles. The van der Waals surface area contributed by atoms with E-state index in [0.717, 1.165) is 5.56 Å². The summed E-state index contributed by atoms with van der Waals surface area (Å²) in [5, 5.41) is 18.3. The highest BCUT2D eigenvalue weighted by Gasteiger charge is 2.21. The standard InChI is InChI=1S/C15H12ClN5O2S/c1-9-10(16)4-2-5-11(9)21-12(13(14(22)23)19-20-21)8-24-15-17-6-3-7-18-15/h2-7H,8H2,1H3,(H,22,23). The lowest BCUT2D eigenvalue weighted by atomic mass is 10.2. The van der Waals surface area contributed by atoms with E-state index in [0.29, 0.717) is 27.3 Å². The van der Waals surface area contributed by atoms with Gasteiger partial charge in [0.2, 0.25) is 0 Å². The smallest absolute Gasteiger partial charge is 0.358 e. The second-order valence-electron chi connectivity index (χ2n) is 4.81. The summed E-state index contributed by atoms with van der Waals surface area (Å²) in [7, 11) is 0. The normalized spacial score (nSPS) is 10.8. The molecule has 3 rings (SSSR count). The van der Waals surface area contributed by atoms with E-state index >= 15 is 0 Å². The van der Waals surface area contributed by atoms with Gasteiger partial charge in [-0.2, -0.15) is 0 Å². The molecular weight excluding hydrogens is 350 g/mol. The molecule has 0 spiro atoms. The van der Waals surface area contributed by atoms with Crippen LogP contribution in [0.1, 0.15) is 21.7 Å². The molecular formula is C15H12ClN5O2S. The van der Waals surface area contributed by atoms with Crippen molar-refractivity contribution < 1.29 is 9.90 Å². The minimum Gasteiger partial charge on any atom is -0.476 e. The summed E-state index contributed by atoms with van der Waals surface area (Å²) in [4.78, 5) is 19.7. The van der Waals surface area contributed by atoms with Crippen LogP contribution in [0.15, 0.2) is 41.8 Å². The van der Waals surface area contributed by atoms with E-state index in [1.165, 1.54) is 16.4 Å². The van der Waals surface area contributed by atoms with Crippen LogP contribution in [0.5, 0.6) is 0 Å². The second-order valence-corrected chi connectivity index (χ2v) is 6.16. The lowest BCUT2D eigenvalue weighted by molar-refractivity contribution is 0.0689. The highest BCUT2D eigenvalue weighted by atomic mass is 35.5. The Morgan fingerprint density at radius 3 is 2.75 bits per heavy atom. The Balaban J connectivity index is 2.01. The van der Waals surface area contributed by atoms with E-state index in [1.54, 1.807) is 30.6 Å². The van der Waals surface area contributed by atoms with Crippen LogP contribution in [0.25, 0.3) is 5.69 Å². The largest absolute Gasteiger partial charge is 0.476 e. The molecule has 0 fully saturated rings. The van der Waals surface area contributed by atoms with Crippen LogP contribution < -0.4 is 0 Å². The van der Waals surface area contributed by atoms with Gasteiger partial charge in [0.1, 0.15) is 0 Å². The van der Waals surface area contributed by atoms with Crippen molar-refractivity contribution in [2.24, 2.45) is 0 Å². The van der Waals surface area contributed by atoms with Gasteiger partial charge in [0.15, 0.2) is 10.9 Å². The van der Waals surface area contributed by atoms with Gasteiger partial charge in [0.05, 0.1) is 11.4 Å². The van der Waals surface area contributed by atoms with Gasteiger partial charge < -0.3 is 5.11 Å². The summed E-state index contributed by atoms with van der Waals surface area (Å²) in [6.45, 7) is 1.84. The molecule has 0 aliphatic carbocycles. The van der Waals surface area contributed by atoms with Gasteiger partial charge in [-0.1, -0.05) is 34.6 Å². The van der Waals surface area contributed by atoms with Crippen LogP contribution in [0, 0.1) is 6.92 Å². The lowest BCUT2D eigenvalue weighted by Gasteiger charge is -2.10. The van der Waals surface area contributed by atoms with Crippen molar-refractivity contribution in [3.63, 3.8) is 0 Å². The molecule has 9 heteroatoms. The van der Waals surface area contributed by atoms with Crippen molar-refractivity contribution in [1.29, 1.82) is 0 Å². The van der Waals surface area contributed by atoms with Gasteiger partial charge in [0.25, 0.3) is 0 Å². The Hall–Kier alpha value is -2.45. The van der Waals surface area contributed by atoms with Gasteiger partial charge >= 0.3 is 5.97 Å². The fourth-order valence-corrected chi connectivity index (χ4v) is 3.07. The Kier molecular flexibility index (Phi) is 4.77. The van der Waals surface area contributed by atoms with E-state index in [4.69, 9.17) is 11.6 Å². The van der Waals surface area contributed by atoms with Crippen LogP contribution in [0.2, 0.25) is 5.02 Å². The summed E-state index contributed by atoms with van der Waals surface area (Å²) in [6, 6.07) is 7.08. The summed E-state index contributed by atoms with van der Waals surface area (Å²) in [5.74, 6) is -0.824. The Morgan fingerprint density at radius 2 is 2.04 bits per heavy atom. The summed E-state index contributed by atoms with van der Waals surface area (Å²) >= 11 is 7.46. The van der Waals surface area contributed by atoms with Crippen molar-refractivity contribution in [3.8, 4) is 5.69 Å². The number of aromatic nitrogens is 5. The molecule has 7 nitrogen and oxygen atoms in total. The van der Waals surface area contributed by atoms with Crippen LogP contribution in [-0.4, -0.2) is 36.0 Å². The zero-order valence-corrected chi connectivity index (χ0v) is 14.1. The molecule has 1 N–H and O–H groups in total. The highest BCUT2D eigenvalue weighted by molar-refractivity contribution is 7.98. The Labute approximate surface area is 146 Å². The third-order valence-corrected chi connectivity index (χ3v) is 4.61. The molecule has 0 unspecified atom stereocenters. The summed E-state index contributed by atoms with van der Waals surface area (Å²) in [5.41, 5.74) is 1.83. The first-order valence-corrected chi connectivity index (χ1v) is 8.27. The van der Waals surface area contributed by atoms with Crippen LogP contribution >= 0.6 is 23.4 Å². The molecule has 1 aromatic carbocycles. The number of halogens is 1. The number of rotatable bonds is 5. The number of benzene rings is 1. The molecule has 0 radical (unpaired) electrons. The van der Waals surface area contributed by atoms with E-state index < -0.39 is 5.97 Å². The van der Waals surface area contributed by atoms with Gasteiger partial charge in [-0.05, 0) is 30.7 Å². The van der Waals surface area contributed by atoms with Gasteiger partial charge in [-0.3, -0.25) is 0 Å². The molecule has 2 heterocycles. The van der Waals surface area contributed by atoms with Crippen molar-refractivity contribution in [1.82, 2.24) is 25.0 Å². The maximum Gasteiger partial charge on any atom is 0.358 e. The number of hydrogen-bond donors (Lipinski definition) is 1. The maximum absolute atomic E-state index is 11.4. The predicted molar refractivity (Wildman–Crippen MR) is 89.7 cm³/mol. The molecule has 3 aromatic rings. The number of carboxylic acids is 1. The van der Waals surface area contributed by atoms with E-state index in [1.807, 2.05) is 13.0 Å². The number of carboxylic acid groups (broad SMARTS) is 1. The predicted octanol–water partition coefficient (Wildman–Crippen LogP) is 3.01. The van der Waals surface area contributed by atoms with E-state index in [-0.39, 0.29) is 5.69 Å². The zero-order valence-electron chi connectivity index (χ0n) is 12.5. The van der Waals surface area contributed by atoms with Gasteiger partial charge in [0, 0.05) is 23.2 Å². The maximum atomic E-state index is 11.4. The summed E-state index contributed by atoms with van der Waals surface area (Å²) in [6.07, 6.45) is 3.26. The first-order valence-electron chi connectivity index (χ1n) is 6.91. The number of hydrogen-bond acceptors (Lipinski definition) is 6. The quantitative estimate of drug-likeness (QED) is 0.551. The molecule has 0 saturated heterocycles. The van der Waals surface area contributed by atoms with Crippen molar-refractivity contribution in [3.05, 3.63) is 58.6 Å². The Bertz CT molecular complexity index is 885. The number of carbonyl (C=O) groups is 1. The molecule has 0 saturated carbocycles. The molecule has 0 amide bonds. The van der Waals surface area contributed by atoms with Crippen LogP contribution in [-0.2, 0) is 5.75 Å². The molecule has 0 aliphatic heterocycles. The SMILES string of the molecule is Cc1c(Cl)cccc1-n1nnc(C(=O)O)c1CSc1ncccn1. The molecule has 24 heavy (non-hydrogen) atoms. The average Bonchev–Trinajstić information content (AvgIpc) is 3.00. The van der Waals surface area contributed by atoms with Crippen LogP contribution in [0.4, 0.5) is 0 Å². The van der Waals surface area contributed by atoms with Crippen molar-refractivity contribution in [2.45, 2.75) is 17.8 Å². The topological polar surface area (TPSA) is 93.8 Å². The minimum absolute atomic E-state index is 0.0993. The first kappa shape index (κ1) is 16.4. The minimum atomic E-state index is -1.13. The lowest BCUT2D eigenvalue weighted by Crippen LogP contribution is -2.07. The number of thioether (sulfide) groups is 1. The van der Waals surface area contributed by atoms with Crippen LogP contribution in [0.3, 0.4) is 0 Å². The fraction of sp³-hybridized carbons (Fsp3) is 0.133. The average molecular weight is 362 g/mol. The van der Waals surface area contributed by atoms with E-state index in [9.17, 15) is 9.90 Å². The van der Waals surface area contributed by atoms with Gasteiger partial charge in [-0.25, -0.2) is 19.4 Å². The zero-order chi connectivity index (χ0) is 17.1. The van der Waals surface area contributed by atoms with Crippen molar-refractivity contribution >= 4 is 29.3 Å². The van der Waals surface area contributed by atoms with Gasteiger partial charge in [-0.15, -0.1) is 5.10 Å². The number of aromatic carboxylic acids is 1. The highest BCUT2D eigenvalue weighted by Crippen LogP contribution is 2.26. The van der Waals surface area contributed by atoms with Crippen molar-refractivity contribution in [2.75, 3.05) is 0 Å². The second kappa shape index (κ2) is 6.98. The Morgan fingerprint density at radius 1 is 1.29 bits per heavy atom. The molecule has 122 valence electrons. The van der Waals surface area contributed by atoms with E-state index in [2.05, 4.69) is 20.3 Å². The fourth-order valence-electron chi connectivity index (χ4n) is 2.11. The first-order chi connectivity index (χ1) is 11.6. The number of nitrogens with zero attached hydrogens (tertiary/aromatic N) is 5. The monoisotopic (exact) mass is 361 g/mol. The molecule has 0 atom stereocenters. The third-order valence-electron chi connectivity index (χ3n) is 3.31. The summed E-state index contributed by atoms with van der Waals surface area (Å²) < 4.78 is 1.50. The molecule has 0 bridgehead atoms. The third kappa shape index (κ3) is 3.24. The molecule has 0 aliphatic rings.